The number of rotatable bonds is 6. The molecule has 0 saturated heterocycles. The molecule has 0 fully saturated rings. The van der Waals surface area contributed by atoms with Crippen molar-refractivity contribution >= 4 is 41.0 Å². The van der Waals surface area contributed by atoms with E-state index in [1.807, 2.05) is 13.2 Å². The van der Waals surface area contributed by atoms with Crippen LogP contribution >= 0.6 is 35.1 Å². The monoisotopic (exact) mass is 263 g/mol. The standard InChI is InChI=1S/C8H13N3OS3/c1-3-9-6(12)4-5-14-8-10-7(13-2)11-15-8/h3-5H2,1-2H3,(H,9,12). The van der Waals surface area contributed by atoms with Gasteiger partial charge in [0.15, 0.2) is 4.34 Å². The average Bonchev–Trinajstić information content (AvgIpc) is 2.66. The van der Waals surface area contributed by atoms with Gasteiger partial charge in [0.1, 0.15) is 0 Å². The predicted octanol–water partition coefficient (Wildman–Crippen LogP) is 1.88. The lowest BCUT2D eigenvalue weighted by Crippen LogP contribution is -2.22. The van der Waals surface area contributed by atoms with Gasteiger partial charge in [-0.15, -0.1) is 0 Å². The minimum atomic E-state index is 0.0969. The number of thioether (sulfide) groups is 2. The van der Waals surface area contributed by atoms with Crippen molar-refractivity contribution in [3.8, 4) is 0 Å². The van der Waals surface area contributed by atoms with Crippen molar-refractivity contribution in [1.29, 1.82) is 0 Å². The summed E-state index contributed by atoms with van der Waals surface area (Å²) in [6, 6.07) is 0. The van der Waals surface area contributed by atoms with Gasteiger partial charge in [-0.2, -0.15) is 4.37 Å². The lowest BCUT2D eigenvalue weighted by Gasteiger charge is -1.99. The van der Waals surface area contributed by atoms with Crippen molar-refractivity contribution in [1.82, 2.24) is 14.7 Å². The molecule has 0 aromatic carbocycles. The van der Waals surface area contributed by atoms with Crippen LogP contribution in [0, 0.1) is 0 Å². The second kappa shape index (κ2) is 7.08. The van der Waals surface area contributed by atoms with E-state index in [-0.39, 0.29) is 5.91 Å². The highest BCUT2D eigenvalue weighted by atomic mass is 32.2. The van der Waals surface area contributed by atoms with Gasteiger partial charge in [0, 0.05) is 18.7 Å². The third kappa shape index (κ3) is 4.85. The third-order valence-electron chi connectivity index (χ3n) is 1.50. The van der Waals surface area contributed by atoms with Crippen molar-refractivity contribution in [2.24, 2.45) is 0 Å². The van der Waals surface area contributed by atoms with Crippen LogP contribution in [0.4, 0.5) is 0 Å². The summed E-state index contributed by atoms with van der Waals surface area (Å²) in [7, 11) is 0. The molecule has 0 aliphatic heterocycles. The Morgan fingerprint density at radius 2 is 2.40 bits per heavy atom. The maximum atomic E-state index is 11.1. The Bertz CT molecular complexity index is 316. The van der Waals surface area contributed by atoms with E-state index in [1.54, 1.807) is 11.8 Å². The maximum Gasteiger partial charge on any atom is 0.220 e. The van der Waals surface area contributed by atoms with Crippen molar-refractivity contribution in [2.45, 2.75) is 22.8 Å². The Kier molecular flexibility index (Phi) is 6.04. The molecule has 0 aliphatic rings. The fraction of sp³-hybridized carbons (Fsp3) is 0.625. The predicted molar refractivity (Wildman–Crippen MR) is 65.7 cm³/mol. The summed E-state index contributed by atoms with van der Waals surface area (Å²) in [6.45, 7) is 2.61. The molecule has 1 aromatic heterocycles. The van der Waals surface area contributed by atoms with E-state index in [0.717, 1.165) is 15.2 Å². The van der Waals surface area contributed by atoms with Gasteiger partial charge in [0.25, 0.3) is 0 Å². The molecule has 0 atom stereocenters. The van der Waals surface area contributed by atoms with E-state index in [9.17, 15) is 4.79 Å². The number of carbonyl (C=O) groups excluding carboxylic acids is 1. The molecule has 1 aromatic rings. The first-order valence-corrected chi connectivity index (χ1v) is 7.51. The quantitative estimate of drug-likeness (QED) is 0.794. The Morgan fingerprint density at radius 3 is 3.00 bits per heavy atom. The first kappa shape index (κ1) is 12.8. The smallest absolute Gasteiger partial charge is 0.220 e. The second-order valence-corrected chi connectivity index (χ2v) is 5.47. The van der Waals surface area contributed by atoms with Crippen LogP contribution in [-0.4, -0.2) is 33.8 Å². The largest absolute Gasteiger partial charge is 0.356 e. The number of hydrogen-bond acceptors (Lipinski definition) is 6. The molecule has 7 heteroatoms. The van der Waals surface area contributed by atoms with Gasteiger partial charge >= 0.3 is 0 Å². The zero-order valence-electron chi connectivity index (χ0n) is 8.65. The van der Waals surface area contributed by atoms with E-state index in [1.165, 1.54) is 23.3 Å². The topological polar surface area (TPSA) is 54.9 Å². The number of amides is 1. The summed E-state index contributed by atoms with van der Waals surface area (Å²) in [6.07, 6.45) is 2.48. The fourth-order valence-electron chi connectivity index (χ4n) is 0.855. The maximum absolute atomic E-state index is 11.1. The first-order chi connectivity index (χ1) is 7.26. The lowest BCUT2D eigenvalue weighted by molar-refractivity contribution is -0.120. The second-order valence-electron chi connectivity index (χ2n) is 2.60. The van der Waals surface area contributed by atoms with Gasteiger partial charge in [0.05, 0.1) is 0 Å². The Hall–Kier alpha value is -0.270. The number of nitrogens with one attached hydrogen (secondary N) is 1. The van der Waals surface area contributed by atoms with Crippen LogP contribution in [-0.2, 0) is 4.79 Å². The van der Waals surface area contributed by atoms with E-state index in [2.05, 4.69) is 14.7 Å². The van der Waals surface area contributed by atoms with Gasteiger partial charge < -0.3 is 5.32 Å². The summed E-state index contributed by atoms with van der Waals surface area (Å²) < 4.78 is 5.07. The van der Waals surface area contributed by atoms with Crippen LogP contribution in [0.2, 0.25) is 0 Å². The van der Waals surface area contributed by atoms with Gasteiger partial charge in [-0.1, -0.05) is 23.5 Å². The highest BCUT2D eigenvalue weighted by Gasteiger charge is 2.05. The van der Waals surface area contributed by atoms with Crippen molar-refractivity contribution in [2.75, 3.05) is 18.6 Å². The molecular weight excluding hydrogens is 250 g/mol. The van der Waals surface area contributed by atoms with E-state index < -0.39 is 0 Å². The molecule has 0 aliphatic carbocycles. The molecule has 1 rings (SSSR count). The lowest BCUT2D eigenvalue weighted by atomic mass is 10.4. The Labute approximate surface area is 102 Å². The molecule has 1 amide bonds. The fourth-order valence-corrected chi connectivity index (χ4v) is 3.07. The summed E-state index contributed by atoms with van der Waals surface area (Å²) in [5, 5.41) is 3.57. The van der Waals surface area contributed by atoms with Crippen LogP contribution in [0.15, 0.2) is 9.50 Å². The van der Waals surface area contributed by atoms with Gasteiger partial charge in [0.2, 0.25) is 11.1 Å². The summed E-state index contributed by atoms with van der Waals surface area (Å²) in [5.74, 6) is 0.856. The normalized spacial score (nSPS) is 10.3. The van der Waals surface area contributed by atoms with Crippen LogP contribution in [0.3, 0.4) is 0 Å². The summed E-state index contributed by atoms with van der Waals surface area (Å²) in [4.78, 5) is 15.4. The highest BCUT2D eigenvalue weighted by Crippen LogP contribution is 2.23. The molecule has 0 spiro atoms. The van der Waals surface area contributed by atoms with Crippen molar-refractivity contribution < 1.29 is 4.79 Å². The molecule has 0 radical (unpaired) electrons. The van der Waals surface area contributed by atoms with E-state index >= 15 is 0 Å². The molecular formula is C8H13N3OS3. The summed E-state index contributed by atoms with van der Waals surface area (Å²) >= 11 is 4.50. The number of hydrogen-bond donors (Lipinski definition) is 1. The van der Waals surface area contributed by atoms with E-state index in [0.29, 0.717) is 13.0 Å². The zero-order chi connectivity index (χ0) is 11.1. The van der Waals surface area contributed by atoms with Crippen molar-refractivity contribution in [3.63, 3.8) is 0 Å². The van der Waals surface area contributed by atoms with Crippen LogP contribution in [0.25, 0.3) is 0 Å². The number of aromatic nitrogens is 2. The molecule has 0 saturated carbocycles. The molecule has 1 N–H and O–H groups in total. The van der Waals surface area contributed by atoms with E-state index in [4.69, 9.17) is 0 Å². The highest BCUT2D eigenvalue weighted by molar-refractivity contribution is 8.01. The zero-order valence-corrected chi connectivity index (χ0v) is 11.1. The molecule has 0 unspecified atom stereocenters. The number of nitrogens with zero attached hydrogens (tertiary/aromatic N) is 2. The van der Waals surface area contributed by atoms with Crippen LogP contribution in [0.1, 0.15) is 13.3 Å². The molecule has 0 bridgehead atoms. The average molecular weight is 263 g/mol. The Balaban J connectivity index is 2.22. The van der Waals surface area contributed by atoms with Crippen LogP contribution < -0.4 is 5.32 Å². The first-order valence-electron chi connectivity index (χ1n) is 4.53. The minimum absolute atomic E-state index is 0.0969. The summed E-state index contributed by atoms with van der Waals surface area (Å²) in [5.41, 5.74) is 0. The molecule has 1 heterocycles. The SMILES string of the molecule is CCNC(=O)CCSc1nc(SC)ns1. The van der Waals surface area contributed by atoms with Crippen molar-refractivity contribution in [3.05, 3.63) is 0 Å². The number of carbonyl (C=O) groups is 1. The third-order valence-corrected chi connectivity index (χ3v) is 4.00. The Morgan fingerprint density at radius 1 is 1.60 bits per heavy atom. The molecule has 15 heavy (non-hydrogen) atoms. The van der Waals surface area contributed by atoms with Gasteiger partial charge in [-0.05, 0) is 24.7 Å². The molecule has 84 valence electrons. The molecule has 4 nitrogen and oxygen atoms in total. The van der Waals surface area contributed by atoms with Gasteiger partial charge in [-0.25, -0.2) is 4.98 Å². The van der Waals surface area contributed by atoms with Crippen LogP contribution in [0.5, 0.6) is 0 Å². The minimum Gasteiger partial charge on any atom is -0.356 e. The van der Waals surface area contributed by atoms with Gasteiger partial charge in [-0.3, -0.25) is 4.79 Å².